The van der Waals surface area contributed by atoms with Gasteiger partial charge in [0, 0.05) is 60.8 Å². The van der Waals surface area contributed by atoms with Gasteiger partial charge >= 0.3 is 0 Å². The lowest BCUT2D eigenvalue weighted by atomic mass is 9.77. The molecule has 0 bridgehead atoms. The second kappa shape index (κ2) is 13.0. The summed E-state index contributed by atoms with van der Waals surface area (Å²) in [5, 5.41) is 8.26. The summed E-state index contributed by atoms with van der Waals surface area (Å²) in [6, 6.07) is 19.4. The molecule has 10 nitrogen and oxygen atoms in total. The molecule has 238 valence electrons. The summed E-state index contributed by atoms with van der Waals surface area (Å²) in [7, 11) is 4.79. The summed E-state index contributed by atoms with van der Waals surface area (Å²) in [6.07, 6.45) is 8.77. The van der Waals surface area contributed by atoms with E-state index < -0.39 is 11.6 Å². The number of amides is 2. The van der Waals surface area contributed by atoms with E-state index in [-0.39, 0.29) is 18.4 Å². The number of carbonyl (C=O) groups excluding carboxylic acids is 2. The Morgan fingerprint density at radius 3 is 2.30 bits per heavy atom. The Hall–Kier alpha value is -5.22. The van der Waals surface area contributed by atoms with Gasteiger partial charge in [-0.25, -0.2) is 0 Å². The van der Waals surface area contributed by atoms with E-state index in [2.05, 4.69) is 31.6 Å². The third kappa shape index (κ3) is 5.56. The van der Waals surface area contributed by atoms with Crippen molar-refractivity contribution >= 4 is 33.6 Å². The van der Waals surface area contributed by atoms with Gasteiger partial charge in [0.25, 0.3) is 5.91 Å². The molecule has 0 saturated heterocycles. The van der Waals surface area contributed by atoms with E-state index in [1.807, 2.05) is 79.1 Å². The zero-order valence-electron chi connectivity index (χ0n) is 26.5. The number of methoxy groups -OCH3 is 3. The third-order valence-electron chi connectivity index (χ3n) is 8.75. The molecule has 2 atom stereocenters. The van der Waals surface area contributed by atoms with E-state index in [4.69, 9.17) is 14.2 Å². The highest BCUT2D eigenvalue weighted by Crippen LogP contribution is 2.44. The molecule has 0 saturated carbocycles. The van der Waals surface area contributed by atoms with Gasteiger partial charge in [0.2, 0.25) is 5.91 Å². The molecule has 4 N–H and O–H groups in total. The Bertz CT molecular complexity index is 1910. The first-order valence-electron chi connectivity index (χ1n) is 15.3. The van der Waals surface area contributed by atoms with Crippen LogP contribution in [0.5, 0.6) is 17.2 Å². The number of carbonyl (C=O) groups is 2. The van der Waals surface area contributed by atoms with Crippen molar-refractivity contribution in [1.29, 1.82) is 0 Å². The fraction of sp³-hybridized carbons (Fsp3) is 0.278. The predicted molar refractivity (Wildman–Crippen MR) is 178 cm³/mol. The fourth-order valence-electron chi connectivity index (χ4n) is 6.64. The molecule has 0 aliphatic carbocycles. The average Bonchev–Trinajstić information content (AvgIpc) is 3.71. The lowest BCUT2D eigenvalue weighted by Crippen LogP contribution is -2.71. The van der Waals surface area contributed by atoms with Gasteiger partial charge in [-0.15, -0.1) is 0 Å². The van der Waals surface area contributed by atoms with E-state index in [0.29, 0.717) is 30.3 Å². The predicted octanol–water partition coefficient (Wildman–Crippen LogP) is 5.22. The van der Waals surface area contributed by atoms with E-state index in [1.165, 1.54) is 6.92 Å². The number of hydrogen-bond donors (Lipinski definition) is 4. The zero-order valence-corrected chi connectivity index (χ0v) is 26.5. The van der Waals surface area contributed by atoms with Crippen LogP contribution in [-0.4, -0.2) is 66.8 Å². The van der Waals surface area contributed by atoms with Crippen molar-refractivity contribution in [3.8, 4) is 17.2 Å². The smallest absolute Gasteiger partial charge is 0.262 e. The number of rotatable bonds is 11. The Labute approximate surface area is 267 Å². The highest BCUT2D eigenvalue weighted by atomic mass is 16.5. The van der Waals surface area contributed by atoms with Crippen LogP contribution in [0, 0.1) is 0 Å². The Kier molecular flexibility index (Phi) is 8.72. The number of fused-ring (bicyclic) bond motifs is 2. The van der Waals surface area contributed by atoms with Crippen LogP contribution in [0.15, 0.2) is 85.2 Å². The third-order valence-corrected chi connectivity index (χ3v) is 8.75. The maximum atomic E-state index is 15.1. The minimum atomic E-state index is -1.53. The maximum absolute atomic E-state index is 15.1. The van der Waals surface area contributed by atoms with Crippen LogP contribution in [0.25, 0.3) is 21.8 Å². The van der Waals surface area contributed by atoms with Gasteiger partial charge < -0.3 is 34.8 Å². The summed E-state index contributed by atoms with van der Waals surface area (Å²) in [5.41, 5.74) is 2.84. The highest BCUT2D eigenvalue weighted by molar-refractivity contribution is 5.97. The molecule has 3 aromatic carbocycles. The SMILES string of the molecule is COc1ccc2[nH]cc(C(c3c[nH]c4ccccc34)C(NC(C)=O)(C(=O)NCc3ccc(OC)c(OC)c3)N3CC=CCC3)c2c1. The molecule has 10 heteroatoms. The minimum Gasteiger partial charge on any atom is -0.497 e. The number of H-pyrrole nitrogens is 2. The van der Waals surface area contributed by atoms with E-state index in [1.54, 1.807) is 21.3 Å². The quantitative estimate of drug-likeness (QED) is 0.150. The van der Waals surface area contributed by atoms with Crippen LogP contribution < -0.4 is 24.8 Å². The van der Waals surface area contributed by atoms with Crippen molar-refractivity contribution < 1.29 is 23.8 Å². The molecule has 0 radical (unpaired) electrons. The number of aromatic amines is 2. The van der Waals surface area contributed by atoms with Crippen molar-refractivity contribution in [2.45, 2.75) is 31.5 Å². The fourth-order valence-corrected chi connectivity index (χ4v) is 6.64. The first-order chi connectivity index (χ1) is 22.4. The second-order valence-electron chi connectivity index (χ2n) is 11.4. The number of benzene rings is 3. The van der Waals surface area contributed by atoms with Crippen LogP contribution in [0.1, 0.15) is 36.0 Å². The van der Waals surface area contributed by atoms with Crippen LogP contribution in [0.4, 0.5) is 0 Å². The summed E-state index contributed by atoms with van der Waals surface area (Å²) >= 11 is 0. The lowest BCUT2D eigenvalue weighted by molar-refractivity contribution is -0.143. The molecule has 2 unspecified atom stereocenters. The van der Waals surface area contributed by atoms with Gasteiger partial charge in [-0.05, 0) is 59.5 Å². The Morgan fingerprint density at radius 1 is 0.870 bits per heavy atom. The molecule has 6 rings (SSSR count). The van der Waals surface area contributed by atoms with Gasteiger partial charge in [0.05, 0.1) is 27.2 Å². The number of para-hydroxylation sites is 1. The Morgan fingerprint density at radius 2 is 1.61 bits per heavy atom. The van der Waals surface area contributed by atoms with Gasteiger partial charge in [-0.2, -0.15) is 0 Å². The topological polar surface area (TPSA) is 121 Å². The van der Waals surface area contributed by atoms with Gasteiger partial charge in [0.1, 0.15) is 5.75 Å². The molecule has 5 aromatic rings. The molecule has 0 fully saturated rings. The zero-order chi connectivity index (χ0) is 32.3. The molecule has 1 aliphatic heterocycles. The van der Waals surface area contributed by atoms with Crippen molar-refractivity contribution in [1.82, 2.24) is 25.5 Å². The normalized spacial score (nSPS) is 15.3. The first kappa shape index (κ1) is 30.8. The van der Waals surface area contributed by atoms with E-state index in [9.17, 15) is 4.79 Å². The van der Waals surface area contributed by atoms with Crippen molar-refractivity contribution in [3.63, 3.8) is 0 Å². The van der Waals surface area contributed by atoms with Crippen molar-refractivity contribution in [3.05, 3.63) is 102 Å². The molecular weight excluding hydrogens is 582 g/mol. The molecule has 46 heavy (non-hydrogen) atoms. The van der Waals surface area contributed by atoms with Crippen LogP contribution in [0.3, 0.4) is 0 Å². The molecular formula is C36H39N5O5. The van der Waals surface area contributed by atoms with Gasteiger partial charge in [0.15, 0.2) is 17.2 Å². The number of nitrogens with one attached hydrogen (secondary N) is 4. The largest absolute Gasteiger partial charge is 0.497 e. The second-order valence-corrected chi connectivity index (χ2v) is 11.4. The summed E-state index contributed by atoms with van der Waals surface area (Å²) in [6.45, 7) is 2.69. The number of aromatic nitrogens is 2. The van der Waals surface area contributed by atoms with Crippen molar-refractivity contribution in [2.24, 2.45) is 0 Å². The average molecular weight is 622 g/mol. The van der Waals surface area contributed by atoms with Crippen molar-refractivity contribution in [2.75, 3.05) is 34.4 Å². The summed E-state index contributed by atoms with van der Waals surface area (Å²) in [4.78, 5) is 37.3. The van der Waals surface area contributed by atoms with E-state index in [0.717, 1.165) is 44.9 Å². The molecule has 2 amide bonds. The molecule has 2 aromatic heterocycles. The molecule has 3 heterocycles. The van der Waals surface area contributed by atoms with Gasteiger partial charge in [-0.1, -0.05) is 36.4 Å². The Balaban J connectivity index is 1.57. The van der Waals surface area contributed by atoms with Crippen LogP contribution in [0.2, 0.25) is 0 Å². The molecule has 1 aliphatic rings. The summed E-state index contributed by atoms with van der Waals surface area (Å²) in [5.74, 6) is 0.547. The number of ether oxygens (including phenoxy) is 3. The monoisotopic (exact) mass is 621 g/mol. The number of hydrogen-bond acceptors (Lipinski definition) is 6. The number of nitrogens with zero attached hydrogens (tertiary/aromatic N) is 1. The van der Waals surface area contributed by atoms with Crippen LogP contribution >= 0.6 is 0 Å². The molecule has 0 spiro atoms. The first-order valence-corrected chi connectivity index (χ1v) is 15.3. The lowest BCUT2D eigenvalue weighted by Gasteiger charge is -2.48. The highest BCUT2D eigenvalue weighted by Gasteiger charge is 2.53. The standard InChI is InChI=1S/C36H39N5O5/c1-23(42)40-36(41-16-8-5-9-17-41,35(43)39-20-24-12-15-32(45-3)33(18-24)46-4)34(28-21-37-30-11-7-6-10-26(28)30)29-22-38-31-14-13-25(44-2)19-27(29)31/h5-8,10-15,18-19,21-22,34,37-38H,9,16-17,20H2,1-4H3,(H,39,43)(H,40,42). The van der Waals surface area contributed by atoms with Gasteiger partial charge in [-0.3, -0.25) is 14.5 Å². The summed E-state index contributed by atoms with van der Waals surface area (Å²) < 4.78 is 16.5. The van der Waals surface area contributed by atoms with Crippen LogP contribution in [-0.2, 0) is 16.1 Å². The van der Waals surface area contributed by atoms with E-state index >= 15 is 4.79 Å². The minimum absolute atomic E-state index is 0.201. The maximum Gasteiger partial charge on any atom is 0.262 e.